The highest BCUT2D eigenvalue weighted by molar-refractivity contribution is 5.19. The van der Waals surface area contributed by atoms with E-state index in [1.54, 1.807) is 0 Å². The maximum Gasteiger partial charge on any atom is 0.0626 e. The van der Waals surface area contributed by atoms with Gasteiger partial charge in [-0.1, -0.05) is 69.4 Å². The molecule has 0 aliphatic carbocycles. The molecule has 1 aromatic rings. The quantitative estimate of drug-likeness (QED) is 0.624. The molecule has 2 heteroatoms. The molecule has 0 radical (unpaired) electrons. The van der Waals surface area contributed by atoms with Crippen LogP contribution in [0.5, 0.6) is 0 Å². The van der Waals surface area contributed by atoms with Crippen LogP contribution in [0.3, 0.4) is 0 Å². The Kier molecular flexibility index (Phi) is 8.52. The van der Waals surface area contributed by atoms with E-state index in [4.69, 9.17) is 0 Å². The molecule has 2 atom stereocenters. The molecule has 108 valence electrons. The standard InChI is InChI=1S/C17H29NO/c1-3-4-5-6-8-11-15(2)18-17(14-19)16-12-9-7-10-13-16/h7,9-10,12-13,15,17-19H,3-6,8,11,14H2,1-2H3/t15?,17-/m0/s1. The van der Waals surface area contributed by atoms with Crippen molar-refractivity contribution >= 4 is 0 Å². The number of aliphatic hydroxyl groups excluding tert-OH is 1. The molecule has 0 aliphatic rings. The van der Waals surface area contributed by atoms with Crippen LogP contribution in [-0.2, 0) is 0 Å². The van der Waals surface area contributed by atoms with E-state index in [2.05, 4.69) is 31.3 Å². The van der Waals surface area contributed by atoms with Crippen LogP contribution in [-0.4, -0.2) is 17.8 Å². The lowest BCUT2D eigenvalue weighted by Crippen LogP contribution is -2.32. The molecule has 2 nitrogen and oxygen atoms in total. The van der Waals surface area contributed by atoms with Gasteiger partial charge in [-0.05, 0) is 18.9 Å². The van der Waals surface area contributed by atoms with Gasteiger partial charge in [-0.25, -0.2) is 0 Å². The third-order valence-corrected chi connectivity index (χ3v) is 3.61. The van der Waals surface area contributed by atoms with Crippen LogP contribution < -0.4 is 5.32 Å². The summed E-state index contributed by atoms with van der Waals surface area (Å²) in [6, 6.07) is 10.7. The van der Waals surface area contributed by atoms with Gasteiger partial charge in [0.2, 0.25) is 0 Å². The van der Waals surface area contributed by atoms with Crippen LogP contribution in [0.15, 0.2) is 30.3 Å². The van der Waals surface area contributed by atoms with Gasteiger partial charge in [-0.3, -0.25) is 0 Å². The highest BCUT2D eigenvalue weighted by atomic mass is 16.3. The van der Waals surface area contributed by atoms with Crippen LogP contribution in [0, 0.1) is 0 Å². The molecule has 1 aromatic carbocycles. The minimum atomic E-state index is 0.0619. The number of rotatable bonds is 10. The molecule has 0 heterocycles. The summed E-state index contributed by atoms with van der Waals surface area (Å²) in [4.78, 5) is 0. The minimum absolute atomic E-state index is 0.0619. The molecule has 0 aromatic heterocycles. The lowest BCUT2D eigenvalue weighted by molar-refractivity contribution is 0.232. The van der Waals surface area contributed by atoms with E-state index in [1.165, 1.54) is 44.1 Å². The molecule has 0 saturated heterocycles. The van der Waals surface area contributed by atoms with Crippen LogP contribution in [0.1, 0.15) is 64.0 Å². The third-order valence-electron chi connectivity index (χ3n) is 3.61. The summed E-state index contributed by atoms with van der Waals surface area (Å²) in [5, 5.41) is 13.0. The Morgan fingerprint density at radius 1 is 1.05 bits per heavy atom. The average molecular weight is 263 g/mol. The summed E-state index contributed by atoms with van der Waals surface area (Å²) in [6.07, 6.45) is 7.80. The van der Waals surface area contributed by atoms with E-state index in [9.17, 15) is 5.11 Å². The van der Waals surface area contributed by atoms with E-state index in [0.29, 0.717) is 6.04 Å². The molecule has 1 rings (SSSR count). The number of unbranched alkanes of at least 4 members (excludes halogenated alkanes) is 4. The zero-order chi connectivity index (χ0) is 13.9. The SMILES string of the molecule is CCCCCCCC(C)N[C@@H](CO)c1ccccc1. The summed E-state index contributed by atoms with van der Waals surface area (Å²) in [6.45, 7) is 4.62. The van der Waals surface area contributed by atoms with Gasteiger partial charge in [0.1, 0.15) is 0 Å². The highest BCUT2D eigenvalue weighted by Gasteiger charge is 2.12. The highest BCUT2D eigenvalue weighted by Crippen LogP contribution is 2.14. The zero-order valence-corrected chi connectivity index (χ0v) is 12.4. The zero-order valence-electron chi connectivity index (χ0n) is 12.4. The molecular formula is C17H29NO. The summed E-state index contributed by atoms with van der Waals surface area (Å²) < 4.78 is 0. The van der Waals surface area contributed by atoms with Gasteiger partial charge in [0.25, 0.3) is 0 Å². The first-order chi connectivity index (χ1) is 9.27. The fourth-order valence-corrected chi connectivity index (χ4v) is 2.42. The predicted octanol–water partition coefficient (Wildman–Crippen LogP) is 4.06. The first-order valence-corrected chi connectivity index (χ1v) is 7.69. The van der Waals surface area contributed by atoms with E-state index in [0.717, 1.165) is 0 Å². The van der Waals surface area contributed by atoms with Crippen LogP contribution in [0.2, 0.25) is 0 Å². The summed E-state index contributed by atoms with van der Waals surface area (Å²) >= 11 is 0. The second kappa shape index (κ2) is 9.99. The van der Waals surface area contributed by atoms with Gasteiger partial charge in [-0.15, -0.1) is 0 Å². The predicted molar refractivity (Wildman–Crippen MR) is 82.2 cm³/mol. The Balaban J connectivity index is 2.27. The fourth-order valence-electron chi connectivity index (χ4n) is 2.42. The van der Waals surface area contributed by atoms with Gasteiger partial charge in [0.15, 0.2) is 0 Å². The van der Waals surface area contributed by atoms with E-state index in [1.807, 2.05) is 18.2 Å². The number of nitrogens with one attached hydrogen (secondary N) is 1. The van der Waals surface area contributed by atoms with Crippen molar-refractivity contribution in [3.8, 4) is 0 Å². The third kappa shape index (κ3) is 6.74. The van der Waals surface area contributed by atoms with E-state index in [-0.39, 0.29) is 12.6 Å². The largest absolute Gasteiger partial charge is 0.394 e. The van der Waals surface area contributed by atoms with Gasteiger partial charge < -0.3 is 10.4 Å². The molecule has 0 spiro atoms. The Morgan fingerprint density at radius 2 is 1.74 bits per heavy atom. The lowest BCUT2D eigenvalue weighted by Gasteiger charge is -2.22. The molecule has 19 heavy (non-hydrogen) atoms. The maximum absolute atomic E-state index is 9.51. The Labute approximate surface area is 118 Å². The van der Waals surface area contributed by atoms with Crippen molar-refractivity contribution in [2.45, 2.75) is 64.5 Å². The fraction of sp³-hybridized carbons (Fsp3) is 0.647. The molecule has 0 aliphatic heterocycles. The molecule has 0 saturated carbocycles. The van der Waals surface area contributed by atoms with Crippen LogP contribution in [0.4, 0.5) is 0 Å². The van der Waals surface area contributed by atoms with Crippen molar-refractivity contribution in [1.82, 2.24) is 5.32 Å². The maximum atomic E-state index is 9.51. The average Bonchev–Trinajstić information content (AvgIpc) is 2.45. The Morgan fingerprint density at radius 3 is 2.37 bits per heavy atom. The molecule has 1 unspecified atom stereocenters. The van der Waals surface area contributed by atoms with Gasteiger partial charge in [-0.2, -0.15) is 0 Å². The number of hydrogen-bond donors (Lipinski definition) is 2. The van der Waals surface area contributed by atoms with Gasteiger partial charge in [0, 0.05) is 6.04 Å². The number of hydrogen-bond acceptors (Lipinski definition) is 2. The Bertz CT molecular complexity index is 312. The smallest absolute Gasteiger partial charge is 0.0626 e. The molecule has 2 N–H and O–H groups in total. The molecule has 0 amide bonds. The van der Waals surface area contributed by atoms with Gasteiger partial charge in [0.05, 0.1) is 12.6 Å². The summed E-state index contributed by atoms with van der Waals surface area (Å²) in [5.74, 6) is 0. The minimum Gasteiger partial charge on any atom is -0.394 e. The topological polar surface area (TPSA) is 32.3 Å². The monoisotopic (exact) mass is 263 g/mol. The molecule has 0 fully saturated rings. The van der Waals surface area contributed by atoms with Crippen molar-refractivity contribution < 1.29 is 5.11 Å². The first-order valence-electron chi connectivity index (χ1n) is 7.69. The first kappa shape index (κ1) is 16.2. The number of benzene rings is 1. The van der Waals surface area contributed by atoms with Crippen molar-refractivity contribution in [2.24, 2.45) is 0 Å². The van der Waals surface area contributed by atoms with Crippen molar-refractivity contribution in [3.63, 3.8) is 0 Å². The van der Waals surface area contributed by atoms with Gasteiger partial charge >= 0.3 is 0 Å². The second-order valence-corrected chi connectivity index (χ2v) is 5.42. The van der Waals surface area contributed by atoms with Crippen molar-refractivity contribution in [1.29, 1.82) is 0 Å². The van der Waals surface area contributed by atoms with E-state index >= 15 is 0 Å². The van der Waals surface area contributed by atoms with Crippen LogP contribution in [0.25, 0.3) is 0 Å². The van der Waals surface area contributed by atoms with E-state index < -0.39 is 0 Å². The van der Waals surface area contributed by atoms with Crippen LogP contribution >= 0.6 is 0 Å². The normalized spacial score (nSPS) is 14.3. The van der Waals surface area contributed by atoms with Crippen molar-refractivity contribution in [2.75, 3.05) is 6.61 Å². The Hall–Kier alpha value is -0.860. The lowest BCUT2D eigenvalue weighted by atomic mass is 10.0. The summed E-state index contributed by atoms with van der Waals surface area (Å²) in [7, 11) is 0. The summed E-state index contributed by atoms with van der Waals surface area (Å²) in [5.41, 5.74) is 1.17. The van der Waals surface area contributed by atoms with Crippen molar-refractivity contribution in [3.05, 3.63) is 35.9 Å². The molecular weight excluding hydrogens is 234 g/mol. The second-order valence-electron chi connectivity index (χ2n) is 5.42. The molecule has 0 bridgehead atoms. The number of aliphatic hydroxyl groups is 1.